The molecule has 0 radical (unpaired) electrons. The first-order valence-corrected chi connectivity index (χ1v) is 6.98. The molecule has 136 valence electrons. The Hall–Kier alpha value is -2.99. The molecule has 0 aromatic carbocycles. The predicted molar refractivity (Wildman–Crippen MR) is 74.8 cm³/mol. The number of nitrogens with one attached hydrogen (secondary N) is 2. The van der Waals surface area contributed by atoms with Crippen LogP contribution in [-0.4, -0.2) is 53.0 Å². The number of halogens is 3. The summed E-state index contributed by atoms with van der Waals surface area (Å²) in [6, 6.07) is -1.17. The quantitative estimate of drug-likeness (QED) is 0.707. The number of H-pyrrole nitrogens is 1. The minimum absolute atomic E-state index is 0.0503. The van der Waals surface area contributed by atoms with Crippen LogP contribution in [0, 0.1) is 12.8 Å². The molecule has 13 heteroatoms. The zero-order chi connectivity index (χ0) is 18.9. The van der Waals surface area contributed by atoms with E-state index in [-0.39, 0.29) is 5.82 Å². The molecule has 0 unspecified atom stereocenters. The molecule has 0 bridgehead atoms. The first kappa shape index (κ1) is 18.4. The highest BCUT2D eigenvalue weighted by atomic mass is 19.4. The van der Waals surface area contributed by atoms with Crippen LogP contribution in [0.25, 0.3) is 5.95 Å². The van der Waals surface area contributed by atoms with E-state index in [0.29, 0.717) is 0 Å². The molecule has 3 N–H and O–H groups in total. The highest BCUT2D eigenvalue weighted by molar-refractivity contribution is 5.93. The van der Waals surface area contributed by atoms with Crippen molar-refractivity contribution < 1.29 is 27.9 Å². The number of carbonyl (C=O) groups excluding carboxylic acids is 1. The van der Waals surface area contributed by atoms with Gasteiger partial charge in [-0.25, -0.2) is 9.78 Å². The largest absolute Gasteiger partial charge is 0.480 e. The van der Waals surface area contributed by atoms with Crippen molar-refractivity contribution in [1.82, 2.24) is 35.3 Å². The summed E-state index contributed by atoms with van der Waals surface area (Å²) in [6.07, 6.45) is -4.72. The lowest BCUT2D eigenvalue weighted by Gasteiger charge is -2.16. The minimum Gasteiger partial charge on any atom is -0.480 e. The van der Waals surface area contributed by atoms with Crippen LogP contribution in [0.4, 0.5) is 13.2 Å². The number of aliphatic carboxylic acids is 1. The third-order valence-electron chi connectivity index (χ3n) is 3.12. The van der Waals surface area contributed by atoms with Gasteiger partial charge in [-0.05, 0) is 12.8 Å². The van der Waals surface area contributed by atoms with Gasteiger partial charge in [-0.3, -0.25) is 9.89 Å². The van der Waals surface area contributed by atoms with Crippen molar-refractivity contribution in [3.63, 3.8) is 0 Å². The molecule has 0 saturated carbocycles. The van der Waals surface area contributed by atoms with Crippen LogP contribution in [0.15, 0.2) is 0 Å². The van der Waals surface area contributed by atoms with Crippen LogP contribution in [0.1, 0.15) is 36.1 Å². The standard InChI is InChI=1S/C12H14F3N7O3/c1-4(2)6(9(24)25)17-8(23)7-16-5(3)22(21-7)11-18-10(19-20-11)12(13,14)15/h4,6H,1-3H3,(H,17,23)(H,24,25)(H,18,19,20)/t6-/m0/s1. The summed E-state index contributed by atoms with van der Waals surface area (Å²) in [5, 5.41) is 20.1. The molecule has 2 aromatic heterocycles. The molecular weight excluding hydrogens is 347 g/mol. The van der Waals surface area contributed by atoms with E-state index in [1.54, 1.807) is 18.9 Å². The Morgan fingerprint density at radius 2 is 1.92 bits per heavy atom. The summed E-state index contributed by atoms with van der Waals surface area (Å²) >= 11 is 0. The second kappa shape index (κ2) is 6.49. The highest BCUT2D eigenvalue weighted by Crippen LogP contribution is 2.26. The van der Waals surface area contributed by atoms with Crippen molar-refractivity contribution >= 4 is 11.9 Å². The van der Waals surface area contributed by atoms with Gasteiger partial charge in [-0.2, -0.15) is 22.8 Å². The van der Waals surface area contributed by atoms with Gasteiger partial charge in [-0.1, -0.05) is 13.8 Å². The van der Waals surface area contributed by atoms with Gasteiger partial charge in [0.1, 0.15) is 11.9 Å². The Bertz CT molecular complexity index is 796. The van der Waals surface area contributed by atoms with Crippen molar-refractivity contribution in [3.05, 3.63) is 17.5 Å². The number of carbonyl (C=O) groups is 2. The topological polar surface area (TPSA) is 139 Å². The lowest BCUT2D eigenvalue weighted by atomic mass is 10.1. The van der Waals surface area contributed by atoms with E-state index in [2.05, 4.69) is 25.5 Å². The monoisotopic (exact) mass is 361 g/mol. The smallest absolute Gasteiger partial charge is 0.451 e. The predicted octanol–water partition coefficient (Wildman–Crippen LogP) is 0.552. The number of hydrogen-bond donors (Lipinski definition) is 3. The van der Waals surface area contributed by atoms with Crippen molar-refractivity contribution in [2.75, 3.05) is 0 Å². The van der Waals surface area contributed by atoms with Gasteiger partial charge in [0, 0.05) is 0 Å². The summed E-state index contributed by atoms with van der Waals surface area (Å²) < 4.78 is 38.5. The third kappa shape index (κ3) is 3.92. The van der Waals surface area contributed by atoms with Crippen LogP contribution >= 0.6 is 0 Å². The zero-order valence-electron chi connectivity index (χ0n) is 13.3. The van der Waals surface area contributed by atoms with Crippen LogP contribution < -0.4 is 5.32 Å². The van der Waals surface area contributed by atoms with Gasteiger partial charge in [0.2, 0.25) is 11.6 Å². The molecule has 0 aliphatic heterocycles. The average Bonchev–Trinajstić information content (AvgIpc) is 3.09. The van der Waals surface area contributed by atoms with Crippen molar-refractivity contribution in [1.29, 1.82) is 0 Å². The summed E-state index contributed by atoms with van der Waals surface area (Å²) in [7, 11) is 0. The van der Waals surface area contributed by atoms with E-state index in [1.807, 2.05) is 0 Å². The van der Waals surface area contributed by atoms with E-state index >= 15 is 0 Å². The number of amides is 1. The third-order valence-corrected chi connectivity index (χ3v) is 3.12. The highest BCUT2D eigenvalue weighted by Gasteiger charge is 2.36. The Kier molecular flexibility index (Phi) is 4.76. The molecule has 2 heterocycles. The summed E-state index contributed by atoms with van der Waals surface area (Å²) in [5.74, 6) is -4.65. The molecule has 0 fully saturated rings. The van der Waals surface area contributed by atoms with Gasteiger partial charge >= 0.3 is 12.1 Å². The fraction of sp³-hybridized carbons (Fsp3) is 0.500. The summed E-state index contributed by atoms with van der Waals surface area (Å²) in [5.41, 5.74) is 0. The lowest BCUT2D eigenvalue weighted by molar-refractivity contribution is -0.144. The van der Waals surface area contributed by atoms with Crippen molar-refractivity contribution in [2.24, 2.45) is 5.92 Å². The van der Waals surface area contributed by atoms with E-state index in [9.17, 15) is 22.8 Å². The molecular formula is C12H14F3N7O3. The number of carboxylic acid groups (broad SMARTS) is 1. The number of carboxylic acids is 1. The van der Waals surface area contributed by atoms with Gasteiger partial charge in [-0.15, -0.1) is 10.2 Å². The molecule has 25 heavy (non-hydrogen) atoms. The van der Waals surface area contributed by atoms with Gasteiger partial charge in [0.05, 0.1) is 0 Å². The van der Waals surface area contributed by atoms with Crippen LogP contribution in [0.2, 0.25) is 0 Å². The number of aromatic amines is 1. The fourth-order valence-electron chi connectivity index (χ4n) is 1.87. The number of aromatic nitrogens is 6. The SMILES string of the molecule is Cc1nc(C(=O)N[C@H](C(=O)O)C(C)C)nn1-c1n[nH]c(C(F)(F)F)n1. The van der Waals surface area contributed by atoms with E-state index in [4.69, 9.17) is 5.11 Å². The minimum atomic E-state index is -4.72. The molecule has 0 saturated heterocycles. The molecule has 10 nitrogen and oxygen atoms in total. The van der Waals surface area contributed by atoms with E-state index in [1.165, 1.54) is 6.92 Å². The van der Waals surface area contributed by atoms with Crippen molar-refractivity contribution in [3.8, 4) is 5.95 Å². The van der Waals surface area contributed by atoms with Crippen LogP contribution in [-0.2, 0) is 11.0 Å². The fourth-order valence-corrected chi connectivity index (χ4v) is 1.87. The van der Waals surface area contributed by atoms with Crippen LogP contribution in [0.3, 0.4) is 0 Å². The normalized spacial score (nSPS) is 13.1. The van der Waals surface area contributed by atoms with Gasteiger partial charge in [0.25, 0.3) is 11.9 Å². The molecule has 2 rings (SSSR count). The Labute approximate surface area is 138 Å². The first-order chi connectivity index (χ1) is 11.5. The number of alkyl halides is 3. The Morgan fingerprint density at radius 3 is 2.40 bits per heavy atom. The maximum absolute atomic E-state index is 12.5. The maximum Gasteiger partial charge on any atom is 0.451 e. The van der Waals surface area contributed by atoms with E-state index < -0.39 is 47.6 Å². The molecule has 0 spiro atoms. The first-order valence-electron chi connectivity index (χ1n) is 6.98. The van der Waals surface area contributed by atoms with Crippen molar-refractivity contribution in [2.45, 2.75) is 33.0 Å². The Morgan fingerprint density at radius 1 is 1.28 bits per heavy atom. The molecule has 0 aliphatic carbocycles. The molecule has 0 aliphatic rings. The van der Waals surface area contributed by atoms with Gasteiger partial charge < -0.3 is 10.4 Å². The molecule has 2 aromatic rings. The van der Waals surface area contributed by atoms with Gasteiger partial charge in [0.15, 0.2) is 0 Å². The second-order valence-corrected chi connectivity index (χ2v) is 5.41. The molecule has 1 amide bonds. The number of rotatable bonds is 5. The lowest BCUT2D eigenvalue weighted by Crippen LogP contribution is -2.44. The van der Waals surface area contributed by atoms with Crippen LogP contribution in [0.5, 0.6) is 0 Å². The second-order valence-electron chi connectivity index (χ2n) is 5.41. The Balaban J connectivity index is 2.26. The number of nitrogens with zero attached hydrogens (tertiary/aromatic N) is 5. The average molecular weight is 361 g/mol. The number of hydrogen-bond acceptors (Lipinski definition) is 6. The van der Waals surface area contributed by atoms with E-state index in [0.717, 1.165) is 4.68 Å². The maximum atomic E-state index is 12.5. The summed E-state index contributed by atoms with van der Waals surface area (Å²) in [6.45, 7) is 4.58. The molecule has 1 atom stereocenters. The zero-order valence-corrected chi connectivity index (χ0v) is 13.3. The number of aryl methyl sites for hydroxylation is 1. The summed E-state index contributed by atoms with van der Waals surface area (Å²) in [4.78, 5) is 30.2.